The van der Waals surface area contributed by atoms with Gasteiger partial charge in [0.1, 0.15) is 0 Å². The molecule has 1 N–H and O–H groups in total. The van der Waals surface area contributed by atoms with Crippen LogP contribution in [0.3, 0.4) is 0 Å². The van der Waals surface area contributed by atoms with Gasteiger partial charge in [0.25, 0.3) is 5.91 Å². The molecule has 0 bridgehead atoms. The zero-order chi connectivity index (χ0) is 18.1. The lowest BCUT2D eigenvalue weighted by Crippen LogP contribution is -2.35. The summed E-state index contributed by atoms with van der Waals surface area (Å²) in [6.07, 6.45) is 5.01. The average Bonchev–Trinajstić information content (AvgIpc) is 2.62. The fourth-order valence-corrected chi connectivity index (χ4v) is 3.35. The molecule has 1 aliphatic rings. The molecule has 0 aromatic heterocycles. The average molecular weight is 347 g/mol. The van der Waals surface area contributed by atoms with Crippen LogP contribution >= 0.6 is 0 Å². The quantitative estimate of drug-likeness (QED) is 0.697. The summed E-state index contributed by atoms with van der Waals surface area (Å²) in [4.78, 5) is 14.6. The van der Waals surface area contributed by atoms with Crippen LogP contribution in [0.5, 0.6) is 0 Å². The maximum absolute atomic E-state index is 12.0. The first-order valence-corrected chi connectivity index (χ1v) is 9.67. The molecule has 1 aromatic carbocycles. The standard InChI is InChI=1S/C21H34N2O2/c1-17(2)8-12-23-13-9-19(10-14-23)16-18-4-6-20(7-5-18)21(24)22-11-15-25-3/h4-7,17,19H,8-16H2,1-3H3,(H,22,24). The number of nitrogens with one attached hydrogen (secondary N) is 1. The van der Waals surface area contributed by atoms with Gasteiger partial charge in [0.2, 0.25) is 0 Å². The Hall–Kier alpha value is -1.39. The second-order valence-electron chi connectivity index (χ2n) is 7.62. The molecule has 0 unspecified atom stereocenters. The summed E-state index contributed by atoms with van der Waals surface area (Å²) in [5.41, 5.74) is 2.07. The van der Waals surface area contributed by atoms with Crippen molar-refractivity contribution < 1.29 is 9.53 Å². The Morgan fingerprint density at radius 1 is 1.24 bits per heavy atom. The van der Waals surface area contributed by atoms with Crippen molar-refractivity contribution in [2.24, 2.45) is 11.8 Å². The van der Waals surface area contributed by atoms with Crippen molar-refractivity contribution in [1.82, 2.24) is 10.2 Å². The second-order valence-corrected chi connectivity index (χ2v) is 7.62. The summed E-state index contributed by atoms with van der Waals surface area (Å²) in [7, 11) is 1.63. The zero-order valence-electron chi connectivity index (χ0n) is 16.1. The number of methoxy groups -OCH3 is 1. The highest BCUT2D eigenvalue weighted by Crippen LogP contribution is 2.22. The molecule has 1 aromatic rings. The van der Waals surface area contributed by atoms with Gasteiger partial charge in [0.05, 0.1) is 6.61 Å². The molecule has 0 spiro atoms. The molecule has 1 heterocycles. The maximum atomic E-state index is 12.0. The van der Waals surface area contributed by atoms with E-state index in [1.807, 2.05) is 12.1 Å². The summed E-state index contributed by atoms with van der Waals surface area (Å²) in [6.45, 7) is 9.40. The minimum atomic E-state index is -0.0259. The van der Waals surface area contributed by atoms with E-state index in [-0.39, 0.29) is 5.91 Å². The molecular weight excluding hydrogens is 312 g/mol. The van der Waals surface area contributed by atoms with Crippen molar-refractivity contribution in [3.05, 3.63) is 35.4 Å². The monoisotopic (exact) mass is 346 g/mol. The lowest BCUT2D eigenvalue weighted by Gasteiger charge is -2.32. The molecule has 1 saturated heterocycles. The number of hydrogen-bond acceptors (Lipinski definition) is 3. The van der Waals surface area contributed by atoms with E-state index in [1.165, 1.54) is 44.5 Å². The molecular formula is C21H34N2O2. The van der Waals surface area contributed by atoms with E-state index in [9.17, 15) is 4.79 Å². The summed E-state index contributed by atoms with van der Waals surface area (Å²) in [6, 6.07) is 8.09. The first kappa shape index (κ1) is 19.9. The number of hydrogen-bond donors (Lipinski definition) is 1. The summed E-state index contributed by atoms with van der Waals surface area (Å²) in [5, 5.41) is 2.86. The predicted octanol–water partition coefficient (Wildman–Crippen LogP) is 3.36. The van der Waals surface area contributed by atoms with Crippen LogP contribution in [0.15, 0.2) is 24.3 Å². The van der Waals surface area contributed by atoms with Crippen molar-refractivity contribution in [2.75, 3.05) is 39.9 Å². The van der Waals surface area contributed by atoms with E-state index >= 15 is 0 Å². The van der Waals surface area contributed by atoms with Crippen LogP contribution in [0.4, 0.5) is 0 Å². The third-order valence-corrected chi connectivity index (χ3v) is 5.06. The number of likely N-dealkylation sites (tertiary alicyclic amines) is 1. The van der Waals surface area contributed by atoms with Crippen molar-refractivity contribution in [1.29, 1.82) is 0 Å². The number of benzene rings is 1. The normalized spacial score (nSPS) is 16.3. The van der Waals surface area contributed by atoms with Gasteiger partial charge >= 0.3 is 0 Å². The van der Waals surface area contributed by atoms with Gasteiger partial charge in [-0.2, -0.15) is 0 Å². The highest BCUT2D eigenvalue weighted by atomic mass is 16.5. The van der Waals surface area contributed by atoms with Gasteiger partial charge in [-0.25, -0.2) is 0 Å². The Balaban J connectivity index is 1.73. The molecule has 4 heteroatoms. The largest absolute Gasteiger partial charge is 0.383 e. The first-order chi connectivity index (χ1) is 12.1. The molecule has 0 atom stereocenters. The SMILES string of the molecule is COCCNC(=O)c1ccc(CC2CCN(CCC(C)C)CC2)cc1. The second kappa shape index (κ2) is 10.6. The Labute approximate surface area is 152 Å². The third-order valence-electron chi connectivity index (χ3n) is 5.06. The molecule has 4 nitrogen and oxygen atoms in total. The molecule has 1 amide bonds. The minimum absolute atomic E-state index is 0.0259. The van der Waals surface area contributed by atoms with E-state index in [0.717, 1.165) is 23.8 Å². The number of nitrogens with zero attached hydrogens (tertiary/aromatic N) is 1. The van der Waals surface area contributed by atoms with Crippen LogP contribution in [-0.2, 0) is 11.2 Å². The van der Waals surface area contributed by atoms with E-state index in [0.29, 0.717) is 13.2 Å². The van der Waals surface area contributed by atoms with Gasteiger partial charge in [0, 0.05) is 19.2 Å². The molecule has 140 valence electrons. The molecule has 2 rings (SSSR count). The van der Waals surface area contributed by atoms with Crippen molar-refractivity contribution in [3.63, 3.8) is 0 Å². The topological polar surface area (TPSA) is 41.6 Å². The van der Waals surface area contributed by atoms with Gasteiger partial charge in [-0.15, -0.1) is 0 Å². The van der Waals surface area contributed by atoms with Gasteiger partial charge < -0.3 is 15.0 Å². The van der Waals surface area contributed by atoms with Gasteiger partial charge in [-0.3, -0.25) is 4.79 Å². The van der Waals surface area contributed by atoms with Crippen LogP contribution < -0.4 is 5.32 Å². The van der Waals surface area contributed by atoms with E-state index in [4.69, 9.17) is 4.74 Å². The number of amides is 1. The highest BCUT2D eigenvalue weighted by Gasteiger charge is 2.19. The number of carbonyl (C=O) groups excluding carboxylic acids is 1. The van der Waals surface area contributed by atoms with E-state index in [1.54, 1.807) is 7.11 Å². The maximum Gasteiger partial charge on any atom is 0.251 e. The number of ether oxygens (including phenoxy) is 1. The Morgan fingerprint density at radius 2 is 1.92 bits per heavy atom. The van der Waals surface area contributed by atoms with Gasteiger partial charge in [-0.1, -0.05) is 26.0 Å². The fraction of sp³-hybridized carbons (Fsp3) is 0.667. The van der Waals surface area contributed by atoms with Crippen molar-refractivity contribution in [3.8, 4) is 0 Å². The molecule has 1 aliphatic heterocycles. The Kier molecular flexibility index (Phi) is 8.42. The molecule has 0 aliphatic carbocycles. The van der Waals surface area contributed by atoms with Crippen LogP contribution in [0.1, 0.15) is 49.0 Å². The Bertz CT molecular complexity index is 505. The van der Waals surface area contributed by atoms with Gasteiger partial charge in [-0.05, 0) is 74.8 Å². The smallest absolute Gasteiger partial charge is 0.251 e. The van der Waals surface area contributed by atoms with Crippen molar-refractivity contribution >= 4 is 5.91 Å². The number of rotatable bonds is 9. The van der Waals surface area contributed by atoms with Crippen LogP contribution in [0.25, 0.3) is 0 Å². The Morgan fingerprint density at radius 3 is 2.52 bits per heavy atom. The minimum Gasteiger partial charge on any atom is -0.383 e. The molecule has 0 radical (unpaired) electrons. The fourth-order valence-electron chi connectivity index (χ4n) is 3.35. The highest BCUT2D eigenvalue weighted by molar-refractivity contribution is 5.94. The molecule has 25 heavy (non-hydrogen) atoms. The number of piperidine rings is 1. The van der Waals surface area contributed by atoms with Crippen LogP contribution in [0.2, 0.25) is 0 Å². The lowest BCUT2D eigenvalue weighted by molar-refractivity contribution is 0.0937. The third kappa shape index (κ3) is 7.17. The number of carbonyl (C=O) groups is 1. The van der Waals surface area contributed by atoms with Crippen LogP contribution in [0, 0.1) is 11.8 Å². The summed E-state index contributed by atoms with van der Waals surface area (Å²) in [5.74, 6) is 1.54. The lowest BCUT2D eigenvalue weighted by atomic mass is 9.89. The van der Waals surface area contributed by atoms with E-state index < -0.39 is 0 Å². The molecule has 1 fully saturated rings. The van der Waals surface area contributed by atoms with Crippen LogP contribution in [-0.4, -0.2) is 50.7 Å². The summed E-state index contributed by atoms with van der Waals surface area (Å²) < 4.78 is 4.95. The predicted molar refractivity (Wildman–Crippen MR) is 103 cm³/mol. The van der Waals surface area contributed by atoms with E-state index in [2.05, 4.69) is 36.2 Å². The summed E-state index contributed by atoms with van der Waals surface area (Å²) >= 11 is 0. The van der Waals surface area contributed by atoms with Gasteiger partial charge in [0.15, 0.2) is 0 Å². The van der Waals surface area contributed by atoms with Crippen molar-refractivity contribution in [2.45, 2.75) is 39.5 Å². The molecule has 0 saturated carbocycles. The first-order valence-electron chi connectivity index (χ1n) is 9.67. The zero-order valence-corrected chi connectivity index (χ0v) is 16.1.